The first-order valence-electron chi connectivity index (χ1n) is 0. The average molecular weight is 639 g/mol. The van der Waals surface area contributed by atoms with Gasteiger partial charge in [-0.05, 0) is 0 Å². The van der Waals surface area contributed by atoms with Crippen molar-refractivity contribution >= 4 is 120 Å². The fourth-order valence-electron chi connectivity index (χ4n) is 0. The van der Waals surface area contributed by atoms with Crippen LogP contribution in [-0.4, -0.2) is 23.7 Å². The van der Waals surface area contributed by atoms with Gasteiger partial charge < -0.3 is 0 Å². The zero-order chi connectivity index (χ0) is 0. The molecule has 0 nitrogen and oxygen atoms in total. The van der Waals surface area contributed by atoms with E-state index in [1.807, 2.05) is 0 Å². The Morgan fingerprint density at radius 3 is 0.400 bits per heavy atom. The van der Waals surface area contributed by atoms with Crippen LogP contribution in [0, 0.1) is 0 Å². The average Bonchev–Trinajstić information content (AvgIpc) is 0. The molecule has 0 amide bonds. The molecule has 0 bridgehead atoms. The van der Waals surface area contributed by atoms with Crippen LogP contribution in [-0.2, 0) is 0 Å². The Morgan fingerprint density at radius 2 is 0.400 bits per heavy atom. The van der Waals surface area contributed by atoms with E-state index in [9.17, 15) is 0 Å². The van der Waals surface area contributed by atoms with Crippen LogP contribution in [0.2, 0.25) is 0 Å². The summed E-state index contributed by atoms with van der Waals surface area (Å²) in [7, 11) is 0. The molecule has 0 saturated carbocycles. The predicted octanol–water partition coefficient (Wildman–Crippen LogP) is 2.09. The van der Waals surface area contributed by atoms with E-state index in [-0.39, 0.29) is 120 Å². The summed E-state index contributed by atoms with van der Waals surface area (Å²) >= 11 is 0. The van der Waals surface area contributed by atoms with Gasteiger partial charge in [0.05, 0.1) is 0 Å². The van der Waals surface area contributed by atoms with Gasteiger partial charge in [-0.3, -0.25) is 0 Å². The normalized spacial score (nSPS) is 0. The van der Waals surface area contributed by atoms with E-state index >= 15 is 0 Å². The maximum Gasteiger partial charge on any atom is 0 e. The number of hydrogen-bond acceptors (Lipinski definition) is 0. The quantitative estimate of drug-likeness (QED) is 0.282. The third-order valence-corrected chi connectivity index (χ3v) is 0. The van der Waals surface area contributed by atoms with Crippen LogP contribution in [0.5, 0.6) is 0 Å². The van der Waals surface area contributed by atoms with Gasteiger partial charge in [0, 0.05) is 23.7 Å². The van der Waals surface area contributed by atoms with E-state index in [2.05, 4.69) is 0 Å². The van der Waals surface area contributed by atoms with E-state index in [1.54, 1.807) is 0 Å². The van der Waals surface area contributed by atoms with Crippen LogP contribution >= 0.6 is 95.9 Å². The van der Waals surface area contributed by atoms with Gasteiger partial charge in [0.1, 0.15) is 0 Å². The molecule has 0 N–H and O–H groups in total. The minimum absolute atomic E-state index is 0. The molecular weight excluding hydrogens is 635 g/mol. The summed E-state index contributed by atoms with van der Waals surface area (Å²) in [4.78, 5) is 0. The van der Waals surface area contributed by atoms with Crippen molar-refractivity contribution in [2.24, 2.45) is 0 Å². The minimum atomic E-state index is 0. The van der Waals surface area contributed by atoms with Crippen LogP contribution in [0.15, 0.2) is 0 Å². The van der Waals surface area contributed by atoms with Crippen LogP contribution in [0.3, 0.4) is 0 Å². The molecule has 0 aliphatic rings. The van der Waals surface area contributed by atoms with Crippen LogP contribution < -0.4 is 0 Å². The Hall–Kier alpha value is 3.71. The second kappa shape index (κ2) is 25.2. The Kier molecular flexibility index (Phi) is 190. The Morgan fingerprint density at radius 1 is 0.400 bits per heavy atom. The second-order valence-corrected chi connectivity index (χ2v) is 0. The third-order valence-electron chi connectivity index (χ3n) is 0. The Bertz CT molecular complexity index is 3.61. The van der Waals surface area contributed by atoms with E-state index in [4.69, 9.17) is 0 Å². The van der Waals surface area contributed by atoms with Gasteiger partial charge in [-0.25, -0.2) is 0 Å². The molecule has 0 heterocycles. The van der Waals surface area contributed by atoms with Crippen molar-refractivity contribution in [1.29, 1.82) is 0 Å². The summed E-state index contributed by atoms with van der Waals surface area (Å²) in [6.45, 7) is 0. The molecule has 0 saturated heterocycles. The van der Waals surface area contributed by atoms with Gasteiger partial charge in [-0.15, -0.1) is 95.9 Å². The van der Waals surface area contributed by atoms with Crippen molar-refractivity contribution in [3.63, 3.8) is 0 Å². The molecule has 0 fully saturated rings. The van der Waals surface area contributed by atoms with Gasteiger partial charge in [0.15, 0.2) is 0 Å². The zero-order valence-electron chi connectivity index (χ0n) is 2.04. The Balaban J connectivity index is 0. The molecule has 0 aliphatic carbocycles. The second-order valence-electron chi connectivity index (χ2n) is 0. The van der Waals surface area contributed by atoms with Crippen LogP contribution in [0.25, 0.3) is 0 Å². The van der Waals surface area contributed by atoms with Gasteiger partial charge in [0.2, 0.25) is 0 Å². The van der Waals surface area contributed by atoms with Crippen LogP contribution in [0.1, 0.15) is 0 Å². The van der Waals surface area contributed by atoms with Gasteiger partial charge in [-0.2, -0.15) is 0 Å². The predicted molar refractivity (Wildman–Crippen MR) is 67.4 cm³/mol. The van der Waals surface area contributed by atoms with Crippen molar-refractivity contribution in [3.05, 3.63) is 0 Å². The number of halogens is 4. The fourth-order valence-corrected chi connectivity index (χ4v) is 0. The summed E-state index contributed by atoms with van der Waals surface area (Å²) in [5.41, 5.74) is 0. The molecule has 0 atom stereocenters. The molecular formula is H4I4Te. The molecule has 0 aromatic rings. The molecule has 38 valence electrons. The van der Waals surface area contributed by atoms with Gasteiger partial charge in [-0.1, -0.05) is 0 Å². The molecule has 0 aromatic heterocycles. The molecule has 0 unspecified atom stereocenters. The van der Waals surface area contributed by atoms with E-state index in [0.717, 1.165) is 0 Å². The summed E-state index contributed by atoms with van der Waals surface area (Å²) in [6.07, 6.45) is 0. The number of rotatable bonds is 0. The summed E-state index contributed by atoms with van der Waals surface area (Å²) in [5, 5.41) is 0. The van der Waals surface area contributed by atoms with Crippen molar-refractivity contribution < 1.29 is 0 Å². The van der Waals surface area contributed by atoms with Crippen molar-refractivity contribution in [2.45, 2.75) is 0 Å². The monoisotopic (exact) mass is 642 g/mol. The van der Waals surface area contributed by atoms with Crippen molar-refractivity contribution in [2.75, 3.05) is 0 Å². The first-order chi connectivity index (χ1) is 0. The summed E-state index contributed by atoms with van der Waals surface area (Å²) in [5.74, 6) is 0. The van der Waals surface area contributed by atoms with Crippen molar-refractivity contribution in [3.8, 4) is 0 Å². The standard InChI is InChI=1S/4HI.Te/h4*1H;. The van der Waals surface area contributed by atoms with E-state index in [1.165, 1.54) is 0 Å². The molecule has 5 heavy (non-hydrogen) atoms. The molecule has 5 heteroatoms. The van der Waals surface area contributed by atoms with Crippen LogP contribution in [0.4, 0.5) is 0 Å². The van der Waals surface area contributed by atoms with Crippen molar-refractivity contribution in [1.82, 2.24) is 0 Å². The molecule has 2 radical (unpaired) electrons. The Labute approximate surface area is 117 Å². The maximum absolute atomic E-state index is 0. The smallest absolute Gasteiger partial charge is 0 e. The fraction of sp³-hybridized carbons (Fsp3) is 0. The third kappa shape index (κ3) is 18.3. The van der Waals surface area contributed by atoms with E-state index < -0.39 is 0 Å². The first kappa shape index (κ1) is 37.6. The van der Waals surface area contributed by atoms with Gasteiger partial charge >= 0.3 is 0 Å². The number of hydrogen-bond donors (Lipinski definition) is 0. The molecule has 0 spiro atoms. The molecule has 0 aromatic carbocycles. The molecule has 0 aliphatic heterocycles. The maximum atomic E-state index is 0. The largest absolute Gasteiger partial charge is 0.107 e. The molecule has 0 rings (SSSR count). The summed E-state index contributed by atoms with van der Waals surface area (Å²) < 4.78 is 0. The minimum Gasteiger partial charge on any atom is -0.107 e. The summed E-state index contributed by atoms with van der Waals surface area (Å²) in [6, 6.07) is 0. The van der Waals surface area contributed by atoms with E-state index in [0.29, 0.717) is 0 Å². The zero-order valence-corrected chi connectivity index (χ0v) is 13.7. The first-order valence-corrected chi connectivity index (χ1v) is 0. The SMILES string of the molecule is I.I.I.I.[Te]. The topological polar surface area (TPSA) is 0 Å². The van der Waals surface area contributed by atoms with Gasteiger partial charge in [0.25, 0.3) is 0 Å².